The summed E-state index contributed by atoms with van der Waals surface area (Å²) in [6.07, 6.45) is 7.38. The molecule has 0 saturated heterocycles. The van der Waals surface area contributed by atoms with Crippen LogP contribution in [-0.4, -0.2) is 11.8 Å². The molecule has 3 nitrogen and oxygen atoms in total. The molecular formula is C18H24O3. The molecule has 0 radical (unpaired) electrons. The van der Waals surface area contributed by atoms with Crippen molar-refractivity contribution >= 4 is 6.16 Å². The maximum Gasteiger partial charge on any atom is 0.514 e. The molecule has 114 valence electrons. The predicted octanol–water partition coefficient (Wildman–Crippen LogP) is 5.00. The lowest BCUT2D eigenvalue weighted by atomic mass is 9.75. The summed E-state index contributed by atoms with van der Waals surface area (Å²) in [5.74, 6) is 0.511. The summed E-state index contributed by atoms with van der Waals surface area (Å²) in [7, 11) is 0. The molecule has 0 aliphatic heterocycles. The molecule has 0 aromatic heterocycles. The third kappa shape index (κ3) is 4.35. The number of hydrogen-bond acceptors (Lipinski definition) is 3. The van der Waals surface area contributed by atoms with Crippen molar-refractivity contribution in [2.24, 2.45) is 0 Å². The van der Waals surface area contributed by atoms with Gasteiger partial charge in [0, 0.05) is 5.41 Å². The summed E-state index contributed by atoms with van der Waals surface area (Å²) < 4.78 is 10.3. The largest absolute Gasteiger partial charge is 0.514 e. The summed E-state index contributed by atoms with van der Waals surface area (Å²) in [5.41, 5.74) is 0.787. The quantitative estimate of drug-likeness (QED) is 0.436. The van der Waals surface area contributed by atoms with Gasteiger partial charge in [0.25, 0.3) is 0 Å². The van der Waals surface area contributed by atoms with E-state index >= 15 is 0 Å². The van der Waals surface area contributed by atoms with Crippen molar-refractivity contribution in [2.45, 2.75) is 58.0 Å². The molecule has 0 saturated carbocycles. The zero-order chi connectivity index (χ0) is 15.5. The molecule has 0 amide bonds. The van der Waals surface area contributed by atoms with Crippen LogP contribution >= 0.6 is 0 Å². The Morgan fingerprint density at radius 2 is 1.86 bits per heavy atom. The number of allylic oxidation sites excluding steroid dienone is 2. The minimum Gasteiger partial charge on any atom is -0.428 e. The summed E-state index contributed by atoms with van der Waals surface area (Å²) in [4.78, 5) is 11.6. The highest BCUT2D eigenvalue weighted by Crippen LogP contribution is 2.35. The van der Waals surface area contributed by atoms with E-state index in [9.17, 15) is 4.79 Å². The molecule has 0 bridgehead atoms. The average Bonchev–Trinajstić information content (AvgIpc) is 2.38. The lowest BCUT2D eigenvalue weighted by Crippen LogP contribution is -2.26. The zero-order valence-corrected chi connectivity index (χ0v) is 13.3. The van der Waals surface area contributed by atoms with E-state index in [0.717, 1.165) is 12.8 Å². The van der Waals surface area contributed by atoms with E-state index in [1.807, 2.05) is 45.0 Å². The van der Waals surface area contributed by atoms with Gasteiger partial charge < -0.3 is 9.47 Å². The first-order chi connectivity index (χ1) is 9.78. The van der Waals surface area contributed by atoms with Crippen molar-refractivity contribution in [2.75, 3.05) is 0 Å². The van der Waals surface area contributed by atoms with Gasteiger partial charge in [0.05, 0.1) is 0 Å². The smallest absolute Gasteiger partial charge is 0.428 e. The van der Waals surface area contributed by atoms with Gasteiger partial charge in [-0.3, -0.25) is 0 Å². The highest BCUT2D eigenvalue weighted by Gasteiger charge is 2.25. The van der Waals surface area contributed by atoms with Crippen molar-refractivity contribution in [1.82, 2.24) is 0 Å². The van der Waals surface area contributed by atoms with Gasteiger partial charge in [0.15, 0.2) is 0 Å². The molecule has 3 heteroatoms. The van der Waals surface area contributed by atoms with Crippen molar-refractivity contribution in [3.63, 3.8) is 0 Å². The van der Waals surface area contributed by atoms with Gasteiger partial charge in [0.1, 0.15) is 11.4 Å². The monoisotopic (exact) mass is 288 g/mol. The fourth-order valence-corrected chi connectivity index (χ4v) is 2.53. The fraction of sp³-hybridized carbons (Fsp3) is 0.500. The highest BCUT2D eigenvalue weighted by molar-refractivity contribution is 5.64. The molecule has 0 spiro atoms. The van der Waals surface area contributed by atoms with E-state index in [4.69, 9.17) is 9.47 Å². The van der Waals surface area contributed by atoms with Gasteiger partial charge in [0.2, 0.25) is 0 Å². The van der Waals surface area contributed by atoms with E-state index in [2.05, 4.69) is 19.1 Å². The molecule has 1 unspecified atom stereocenters. The summed E-state index contributed by atoms with van der Waals surface area (Å²) in [6, 6.07) is 7.70. The van der Waals surface area contributed by atoms with Crippen LogP contribution in [0.1, 0.15) is 52.5 Å². The minimum absolute atomic E-state index is 0.0860. The first kappa shape index (κ1) is 15.6. The highest BCUT2D eigenvalue weighted by atomic mass is 16.7. The Morgan fingerprint density at radius 3 is 2.38 bits per heavy atom. The Kier molecular flexibility index (Phi) is 4.40. The van der Waals surface area contributed by atoms with Gasteiger partial charge in [-0.1, -0.05) is 31.2 Å². The second-order valence-electron chi connectivity index (χ2n) is 6.80. The van der Waals surface area contributed by atoms with E-state index in [1.54, 1.807) is 0 Å². The topological polar surface area (TPSA) is 35.5 Å². The van der Waals surface area contributed by atoms with Gasteiger partial charge in [-0.05, 0) is 57.7 Å². The van der Waals surface area contributed by atoms with E-state index in [0.29, 0.717) is 5.75 Å². The van der Waals surface area contributed by atoms with E-state index in [-0.39, 0.29) is 5.41 Å². The van der Waals surface area contributed by atoms with Gasteiger partial charge in [-0.25, -0.2) is 4.79 Å². The first-order valence-electron chi connectivity index (χ1n) is 7.48. The Labute approximate surface area is 127 Å². The van der Waals surface area contributed by atoms with Crippen LogP contribution < -0.4 is 4.74 Å². The van der Waals surface area contributed by atoms with Crippen LogP contribution in [0.2, 0.25) is 0 Å². The normalized spacial score (nSPS) is 21.9. The van der Waals surface area contributed by atoms with E-state index in [1.165, 1.54) is 12.0 Å². The predicted molar refractivity (Wildman–Crippen MR) is 83.6 cm³/mol. The second-order valence-corrected chi connectivity index (χ2v) is 6.80. The SMILES string of the molecule is CC(C)(C)OC(=O)Oc1ccc(C2(C)C=CCCC2)cc1. The standard InChI is InChI=1S/C18H24O3/c1-17(2,3)21-16(19)20-15-10-8-14(9-11-15)18(4)12-6-5-7-13-18/h6,8-12H,5,7,13H2,1-4H3. The van der Waals surface area contributed by atoms with Crippen molar-refractivity contribution in [3.8, 4) is 5.75 Å². The maximum atomic E-state index is 11.6. The molecule has 1 aliphatic rings. The Morgan fingerprint density at radius 1 is 1.19 bits per heavy atom. The van der Waals surface area contributed by atoms with Crippen LogP contribution in [0.25, 0.3) is 0 Å². The van der Waals surface area contributed by atoms with Crippen LogP contribution in [0.4, 0.5) is 4.79 Å². The first-order valence-corrected chi connectivity index (χ1v) is 7.48. The fourth-order valence-electron chi connectivity index (χ4n) is 2.53. The number of benzene rings is 1. The van der Waals surface area contributed by atoms with Gasteiger partial charge in [-0.2, -0.15) is 0 Å². The number of hydrogen-bond donors (Lipinski definition) is 0. The molecular weight excluding hydrogens is 264 g/mol. The van der Waals surface area contributed by atoms with Crippen molar-refractivity contribution < 1.29 is 14.3 Å². The van der Waals surface area contributed by atoms with Crippen LogP contribution in [0.5, 0.6) is 5.75 Å². The molecule has 0 N–H and O–H groups in total. The third-order valence-corrected chi connectivity index (χ3v) is 3.66. The summed E-state index contributed by atoms with van der Waals surface area (Å²) >= 11 is 0. The molecule has 1 aromatic rings. The maximum absolute atomic E-state index is 11.6. The Hall–Kier alpha value is -1.77. The average molecular weight is 288 g/mol. The van der Waals surface area contributed by atoms with Crippen LogP contribution in [-0.2, 0) is 10.2 Å². The summed E-state index contributed by atoms with van der Waals surface area (Å²) in [6.45, 7) is 7.68. The second kappa shape index (κ2) is 5.92. The number of carbonyl (C=O) groups excluding carboxylic acids is 1. The molecule has 1 atom stereocenters. The van der Waals surface area contributed by atoms with Gasteiger partial charge >= 0.3 is 6.16 Å². The Bertz CT molecular complexity index is 522. The van der Waals surface area contributed by atoms with Crippen molar-refractivity contribution in [3.05, 3.63) is 42.0 Å². The lowest BCUT2D eigenvalue weighted by molar-refractivity contribution is 0.0206. The molecule has 1 aromatic carbocycles. The number of carbonyl (C=O) groups is 1. The molecule has 2 rings (SSSR count). The van der Waals surface area contributed by atoms with Crippen molar-refractivity contribution in [1.29, 1.82) is 0 Å². The van der Waals surface area contributed by atoms with E-state index < -0.39 is 11.8 Å². The van der Waals surface area contributed by atoms with Crippen LogP contribution in [0, 0.1) is 0 Å². The molecule has 0 heterocycles. The Balaban J connectivity index is 2.04. The number of rotatable bonds is 2. The lowest BCUT2D eigenvalue weighted by Gasteiger charge is -2.29. The molecule has 21 heavy (non-hydrogen) atoms. The van der Waals surface area contributed by atoms with Crippen LogP contribution in [0.15, 0.2) is 36.4 Å². The number of ether oxygens (including phenoxy) is 2. The zero-order valence-electron chi connectivity index (χ0n) is 13.3. The van der Waals surface area contributed by atoms with Crippen LogP contribution in [0.3, 0.4) is 0 Å². The minimum atomic E-state index is -0.668. The molecule has 0 fully saturated rings. The van der Waals surface area contributed by atoms with Gasteiger partial charge in [-0.15, -0.1) is 0 Å². The molecule has 1 aliphatic carbocycles. The summed E-state index contributed by atoms with van der Waals surface area (Å²) in [5, 5.41) is 0. The third-order valence-electron chi connectivity index (χ3n) is 3.66.